The summed E-state index contributed by atoms with van der Waals surface area (Å²) in [6.07, 6.45) is 6.02. The first kappa shape index (κ1) is 21.1. The van der Waals surface area contributed by atoms with E-state index >= 15 is 0 Å². The molecule has 0 spiro atoms. The van der Waals surface area contributed by atoms with Crippen LogP contribution in [0, 0.1) is 31.1 Å². The molecule has 4 atom stereocenters. The summed E-state index contributed by atoms with van der Waals surface area (Å²) in [4.78, 5) is 17.9. The minimum absolute atomic E-state index is 0.0454. The molecule has 5 rings (SSSR count). The zero-order valence-corrected chi connectivity index (χ0v) is 19.7. The lowest BCUT2D eigenvalue weighted by atomic mass is 9.59. The Hall–Kier alpha value is -1.81. The minimum Gasteiger partial charge on any atom is -0.462 e. The van der Waals surface area contributed by atoms with E-state index in [9.17, 15) is 4.79 Å². The Labute approximate surface area is 187 Å². The number of anilines is 1. The summed E-state index contributed by atoms with van der Waals surface area (Å²) in [5.41, 5.74) is 7.54. The molecular weight excluding hydrogens is 384 g/mol. The van der Waals surface area contributed by atoms with Crippen LogP contribution in [-0.2, 0) is 9.53 Å². The second-order valence-corrected chi connectivity index (χ2v) is 10.9. The lowest BCUT2D eigenvalue weighted by Crippen LogP contribution is -2.49. The molecule has 4 nitrogen and oxygen atoms in total. The number of nitrogens with zero attached hydrogens (tertiary/aromatic N) is 2. The van der Waals surface area contributed by atoms with Gasteiger partial charge in [-0.05, 0) is 75.5 Å². The summed E-state index contributed by atoms with van der Waals surface area (Å²) < 4.78 is 5.99. The average Bonchev–Trinajstić information content (AvgIpc) is 3.02. The molecule has 1 saturated carbocycles. The van der Waals surface area contributed by atoms with Crippen molar-refractivity contribution in [3.63, 3.8) is 0 Å². The van der Waals surface area contributed by atoms with Gasteiger partial charge in [-0.15, -0.1) is 0 Å². The molecule has 0 bridgehead atoms. The fourth-order valence-electron chi connectivity index (χ4n) is 6.83. The summed E-state index contributed by atoms with van der Waals surface area (Å²) in [6.45, 7) is 14.1. The quantitative estimate of drug-likeness (QED) is 0.513. The minimum atomic E-state index is 0.0454. The van der Waals surface area contributed by atoms with Gasteiger partial charge in [-0.25, -0.2) is 0 Å². The molecule has 2 aliphatic heterocycles. The van der Waals surface area contributed by atoms with Gasteiger partial charge in [0.25, 0.3) is 0 Å². The first-order valence-electron chi connectivity index (χ1n) is 12.3. The topological polar surface area (TPSA) is 32.8 Å². The standard InChI is InChI=1S/C27H38N2O2/c1-18-7-8-20(3)24(14-18)29-12-10-28(11-13-29)17-22-21-15-23-19(2)6-5-9-27(23,4)16-25(21)31-26(22)30/h7-8,14,21-22,25H,5-6,9-13,15-17H2,1-4H3/t21-,22-,25+,27+/m0/s1. The van der Waals surface area contributed by atoms with E-state index in [1.807, 2.05) is 0 Å². The van der Waals surface area contributed by atoms with Crippen LogP contribution in [0.1, 0.15) is 57.1 Å². The van der Waals surface area contributed by atoms with Gasteiger partial charge in [-0.3, -0.25) is 9.69 Å². The molecule has 2 aliphatic carbocycles. The van der Waals surface area contributed by atoms with Gasteiger partial charge in [0.1, 0.15) is 6.10 Å². The summed E-state index contributed by atoms with van der Waals surface area (Å²) in [7, 11) is 0. The van der Waals surface area contributed by atoms with Gasteiger partial charge >= 0.3 is 5.97 Å². The molecule has 31 heavy (non-hydrogen) atoms. The Morgan fingerprint density at radius 2 is 1.90 bits per heavy atom. The first-order valence-corrected chi connectivity index (χ1v) is 12.3. The number of carbonyl (C=O) groups is 1. The molecule has 0 N–H and O–H groups in total. The Bertz CT molecular complexity index is 898. The van der Waals surface area contributed by atoms with Gasteiger partial charge in [0, 0.05) is 44.3 Å². The number of aryl methyl sites for hydroxylation is 2. The van der Waals surface area contributed by atoms with E-state index < -0.39 is 0 Å². The highest BCUT2D eigenvalue weighted by molar-refractivity contribution is 5.76. The number of ether oxygens (including phenoxy) is 1. The summed E-state index contributed by atoms with van der Waals surface area (Å²) >= 11 is 0. The van der Waals surface area contributed by atoms with Crippen LogP contribution in [0.5, 0.6) is 0 Å². The van der Waals surface area contributed by atoms with E-state index in [0.29, 0.717) is 5.92 Å². The second kappa shape index (κ2) is 7.95. The zero-order valence-electron chi connectivity index (χ0n) is 19.7. The SMILES string of the molecule is CC1=C2C[C@H]3[C@H](CN4CCN(c5cc(C)ccc5C)CC4)C(=O)O[C@@H]3C[C@@]2(C)CCC1. The van der Waals surface area contributed by atoms with Crippen LogP contribution in [0.3, 0.4) is 0 Å². The van der Waals surface area contributed by atoms with E-state index in [1.54, 1.807) is 11.1 Å². The molecule has 1 aromatic rings. The van der Waals surface area contributed by atoms with Gasteiger partial charge in [-0.2, -0.15) is 0 Å². The molecule has 0 amide bonds. The van der Waals surface area contributed by atoms with Gasteiger partial charge < -0.3 is 9.64 Å². The summed E-state index contributed by atoms with van der Waals surface area (Å²) in [6, 6.07) is 6.73. The van der Waals surface area contributed by atoms with E-state index in [4.69, 9.17) is 4.74 Å². The van der Waals surface area contributed by atoms with Crippen molar-refractivity contribution in [1.82, 2.24) is 4.90 Å². The van der Waals surface area contributed by atoms with E-state index in [2.05, 4.69) is 55.7 Å². The van der Waals surface area contributed by atoms with Crippen molar-refractivity contribution < 1.29 is 9.53 Å². The number of hydrogen-bond acceptors (Lipinski definition) is 4. The predicted molar refractivity (Wildman–Crippen MR) is 125 cm³/mol. The van der Waals surface area contributed by atoms with Crippen LogP contribution >= 0.6 is 0 Å². The molecule has 0 radical (unpaired) electrons. The molecule has 0 aromatic heterocycles. The zero-order chi connectivity index (χ0) is 21.8. The maximum Gasteiger partial charge on any atom is 0.310 e. The molecule has 4 heteroatoms. The fraction of sp³-hybridized carbons (Fsp3) is 0.667. The van der Waals surface area contributed by atoms with Crippen LogP contribution in [0.2, 0.25) is 0 Å². The third-order valence-electron chi connectivity index (χ3n) is 8.71. The maximum absolute atomic E-state index is 12.9. The largest absolute Gasteiger partial charge is 0.462 e. The Balaban J connectivity index is 1.25. The van der Waals surface area contributed by atoms with Gasteiger partial charge in [0.05, 0.1) is 5.92 Å². The monoisotopic (exact) mass is 422 g/mol. The molecule has 2 saturated heterocycles. The average molecular weight is 423 g/mol. The van der Waals surface area contributed by atoms with Crippen LogP contribution < -0.4 is 4.90 Å². The second-order valence-electron chi connectivity index (χ2n) is 10.9. The smallest absolute Gasteiger partial charge is 0.310 e. The highest BCUT2D eigenvalue weighted by atomic mass is 16.6. The number of allylic oxidation sites excluding steroid dienone is 2. The van der Waals surface area contributed by atoms with Crippen molar-refractivity contribution in [3.8, 4) is 0 Å². The fourth-order valence-corrected chi connectivity index (χ4v) is 6.83. The van der Waals surface area contributed by atoms with Crippen LogP contribution in [0.4, 0.5) is 5.69 Å². The Kier molecular flexibility index (Phi) is 5.40. The van der Waals surface area contributed by atoms with Gasteiger partial charge in [0.2, 0.25) is 0 Å². The Morgan fingerprint density at radius 3 is 2.68 bits per heavy atom. The molecule has 4 aliphatic rings. The molecule has 2 heterocycles. The number of piperazine rings is 1. The number of benzene rings is 1. The summed E-state index contributed by atoms with van der Waals surface area (Å²) in [5.74, 6) is 0.483. The van der Waals surface area contributed by atoms with E-state index in [0.717, 1.165) is 45.6 Å². The van der Waals surface area contributed by atoms with Crippen LogP contribution in [0.15, 0.2) is 29.3 Å². The third-order valence-corrected chi connectivity index (χ3v) is 8.71. The van der Waals surface area contributed by atoms with Crippen molar-refractivity contribution in [2.75, 3.05) is 37.6 Å². The van der Waals surface area contributed by atoms with E-state index in [-0.39, 0.29) is 23.4 Å². The number of fused-ring (bicyclic) bond motifs is 2. The normalized spacial score (nSPS) is 33.9. The van der Waals surface area contributed by atoms with Crippen molar-refractivity contribution in [2.45, 2.75) is 65.9 Å². The number of esters is 1. The lowest BCUT2D eigenvalue weighted by molar-refractivity contribution is -0.145. The Morgan fingerprint density at radius 1 is 1.13 bits per heavy atom. The highest BCUT2D eigenvalue weighted by Crippen LogP contribution is 2.55. The highest BCUT2D eigenvalue weighted by Gasteiger charge is 2.53. The van der Waals surface area contributed by atoms with Gasteiger partial charge in [-0.1, -0.05) is 30.2 Å². The molecule has 3 fully saturated rings. The third kappa shape index (κ3) is 3.82. The van der Waals surface area contributed by atoms with Crippen LogP contribution in [0.25, 0.3) is 0 Å². The predicted octanol–water partition coefficient (Wildman–Crippen LogP) is 4.88. The number of carbonyl (C=O) groups excluding carboxylic acids is 1. The molecular formula is C27H38N2O2. The first-order chi connectivity index (χ1) is 14.8. The van der Waals surface area contributed by atoms with Crippen LogP contribution in [-0.4, -0.2) is 49.7 Å². The van der Waals surface area contributed by atoms with Crippen molar-refractivity contribution >= 4 is 11.7 Å². The van der Waals surface area contributed by atoms with Crippen molar-refractivity contribution in [2.24, 2.45) is 17.3 Å². The molecule has 0 unspecified atom stereocenters. The number of rotatable bonds is 3. The van der Waals surface area contributed by atoms with Crippen molar-refractivity contribution in [1.29, 1.82) is 0 Å². The van der Waals surface area contributed by atoms with E-state index in [1.165, 1.54) is 36.1 Å². The van der Waals surface area contributed by atoms with Gasteiger partial charge in [0.15, 0.2) is 0 Å². The molecule has 168 valence electrons. The maximum atomic E-state index is 12.9. The molecule has 1 aromatic carbocycles. The summed E-state index contributed by atoms with van der Waals surface area (Å²) in [5, 5.41) is 0. The number of hydrogen-bond donors (Lipinski definition) is 0. The lowest BCUT2D eigenvalue weighted by Gasteiger charge is -2.46. The van der Waals surface area contributed by atoms with Crippen molar-refractivity contribution in [3.05, 3.63) is 40.5 Å².